The third kappa shape index (κ3) is 7.98. The van der Waals surface area contributed by atoms with Crippen LogP contribution in [0.15, 0.2) is 0 Å². The number of unbranched alkanes of at least 4 members (excludes halogenated alkanes) is 1. The Morgan fingerprint density at radius 3 is 2.42 bits per heavy atom. The first-order valence-corrected chi connectivity index (χ1v) is 4.59. The van der Waals surface area contributed by atoms with Gasteiger partial charge in [0.15, 0.2) is 0 Å². The van der Waals surface area contributed by atoms with Crippen LogP contribution in [0.1, 0.15) is 19.3 Å². The van der Waals surface area contributed by atoms with Crippen LogP contribution in [0, 0.1) is 0 Å². The van der Waals surface area contributed by atoms with E-state index in [1.807, 2.05) is 0 Å². The van der Waals surface area contributed by atoms with Crippen molar-refractivity contribution in [3.63, 3.8) is 0 Å². The van der Waals surface area contributed by atoms with Crippen molar-refractivity contribution >= 4 is 0 Å². The first-order valence-electron chi connectivity index (χ1n) is 4.59. The van der Waals surface area contributed by atoms with Crippen LogP contribution in [0.4, 0.5) is 0 Å². The minimum absolute atomic E-state index is 0.294. The number of ether oxygens (including phenoxy) is 1. The Kier molecular flexibility index (Phi) is 8.88. The van der Waals surface area contributed by atoms with Gasteiger partial charge in [-0.25, -0.2) is 0 Å². The lowest BCUT2D eigenvalue weighted by atomic mass is 10.3. The monoisotopic (exact) mass is 175 g/mol. The highest BCUT2D eigenvalue weighted by atomic mass is 16.5. The molecule has 0 saturated carbocycles. The van der Waals surface area contributed by atoms with Crippen molar-refractivity contribution in [1.82, 2.24) is 4.90 Å². The second kappa shape index (κ2) is 8.97. The van der Waals surface area contributed by atoms with Crippen LogP contribution in [-0.4, -0.2) is 50.5 Å². The lowest BCUT2D eigenvalue weighted by Gasteiger charge is -2.15. The molecule has 0 fully saturated rings. The predicted octanol–water partition coefficient (Wildman–Crippen LogP) is 0.727. The quantitative estimate of drug-likeness (QED) is 0.552. The Labute approximate surface area is 75.3 Å². The van der Waals surface area contributed by atoms with E-state index in [4.69, 9.17) is 9.84 Å². The first kappa shape index (κ1) is 11.9. The summed E-state index contributed by atoms with van der Waals surface area (Å²) in [6, 6.07) is 0. The highest BCUT2D eigenvalue weighted by Gasteiger charge is 1.96. The Morgan fingerprint density at radius 1 is 1.17 bits per heavy atom. The topological polar surface area (TPSA) is 32.7 Å². The number of rotatable bonds is 8. The van der Waals surface area contributed by atoms with Gasteiger partial charge in [0.2, 0.25) is 0 Å². The summed E-state index contributed by atoms with van der Waals surface area (Å²) in [6.07, 6.45) is 3.18. The number of aliphatic hydroxyl groups is 1. The highest BCUT2D eigenvalue weighted by Crippen LogP contribution is 1.94. The zero-order chi connectivity index (χ0) is 9.23. The molecule has 1 N–H and O–H groups in total. The summed E-state index contributed by atoms with van der Waals surface area (Å²) in [6.45, 7) is 3.24. The third-order valence-electron chi connectivity index (χ3n) is 1.84. The molecule has 0 spiro atoms. The largest absolute Gasteiger partial charge is 0.396 e. The van der Waals surface area contributed by atoms with Gasteiger partial charge < -0.3 is 14.7 Å². The van der Waals surface area contributed by atoms with Crippen LogP contribution >= 0.6 is 0 Å². The van der Waals surface area contributed by atoms with E-state index in [9.17, 15) is 0 Å². The SMILES string of the molecule is COCCCCN(C)CCCO. The average molecular weight is 175 g/mol. The number of methoxy groups -OCH3 is 1. The zero-order valence-corrected chi connectivity index (χ0v) is 8.25. The van der Waals surface area contributed by atoms with Gasteiger partial charge in [0.05, 0.1) is 0 Å². The van der Waals surface area contributed by atoms with Gasteiger partial charge in [0, 0.05) is 26.9 Å². The van der Waals surface area contributed by atoms with E-state index in [0.29, 0.717) is 6.61 Å². The molecule has 0 aliphatic heterocycles. The summed E-state index contributed by atoms with van der Waals surface area (Å²) < 4.78 is 4.95. The Morgan fingerprint density at radius 2 is 1.83 bits per heavy atom. The smallest absolute Gasteiger partial charge is 0.0462 e. The molecule has 0 aliphatic rings. The maximum atomic E-state index is 8.58. The molecule has 0 unspecified atom stereocenters. The van der Waals surface area contributed by atoms with E-state index in [0.717, 1.165) is 32.5 Å². The van der Waals surface area contributed by atoms with E-state index < -0.39 is 0 Å². The van der Waals surface area contributed by atoms with Crippen molar-refractivity contribution in [2.24, 2.45) is 0 Å². The molecule has 74 valence electrons. The maximum absolute atomic E-state index is 8.58. The van der Waals surface area contributed by atoms with Crippen LogP contribution in [0.3, 0.4) is 0 Å². The summed E-state index contributed by atoms with van der Waals surface area (Å²) in [4.78, 5) is 2.24. The van der Waals surface area contributed by atoms with Gasteiger partial charge >= 0.3 is 0 Å². The normalized spacial score (nSPS) is 11.0. The molecule has 0 radical (unpaired) electrons. The van der Waals surface area contributed by atoms with Gasteiger partial charge in [-0.1, -0.05) is 0 Å². The molecule has 0 aromatic rings. The fourth-order valence-electron chi connectivity index (χ4n) is 1.08. The van der Waals surface area contributed by atoms with Crippen molar-refractivity contribution < 1.29 is 9.84 Å². The highest BCUT2D eigenvalue weighted by molar-refractivity contribution is 4.51. The molecule has 0 aromatic carbocycles. The van der Waals surface area contributed by atoms with Gasteiger partial charge in [0.25, 0.3) is 0 Å². The minimum Gasteiger partial charge on any atom is -0.396 e. The molecular formula is C9H21NO2. The lowest BCUT2D eigenvalue weighted by Crippen LogP contribution is -2.21. The summed E-state index contributed by atoms with van der Waals surface area (Å²) >= 11 is 0. The second-order valence-corrected chi connectivity index (χ2v) is 3.08. The van der Waals surface area contributed by atoms with Crippen molar-refractivity contribution in [3.05, 3.63) is 0 Å². The number of nitrogens with zero attached hydrogens (tertiary/aromatic N) is 1. The predicted molar refractivity (Wildman–Crippen MR) is 50.3 cm³/mol. The fourth-order valence-corrected chi connectivity index (χ4v) is 1.08. The maximum Gasteiger partial charge on any atom is 0.0462 e. The average Bonchev–Trinajstić information content (AvgIpc) is 2.09. The molecule has 0 bridgehead atoms. The van der Waals surface area contributed by atoms with Crippen LogP contribution in [0.2, 0.25) is 0 Å². The molecule has 12 heavy (non-hydrogen) atoms. The molecule has 0 rings (SSSR count). The third-order valence-corrected chi connectivity index (χ3v) is 1.84. The summed E-state index contributed by atoms with van der Waals surface area (Å²) in [5.74, 6) is 0. The van der Waals surface area contributed by atoms with Crippen LogP contribution in [-0.2, 0) is 4.74 Å². The Bertz CT molecular complexity index is 88.6. The van der Waals surface area contributed by atoms with Crippen molar-refractivity contribution in [2.75, 3.05) is 40.5 Å². The minimum atomic E-state index is 0.294. The lowest BCUT2D eigenvalue weighted by molar-refractivity contribution is 0.185. The van der Waals surface area contributed by atoms with E-state index in [1.165, 1.54) is 6.42 Å². The summed E-state index contributed by atoms with van der Waals surface area (Å²) in [7, 11) is 3.82. The molecule has 0 saturated heterocycles. The van der Waals surface area contributed by atoms with E-state index in [-0.39, 0.29) is 0 Å². The number of hydrogen-bond donors (Lipinski definition) is 1. The molecule has 0 amide bonds. The van der Waals surface area contributed by atoms with Gasteiger partial charge in [-0.2, -0.15) is 0 Å². The molecule has 3 nitrogen and oxygen atoms in total. The standard InChI is InChI=1S/C9H21NO2/c1-10(7-5-8-11)6-3-4-9-12-2/h11H,3-9H2,1-2H3. The summed E-state index contributed by atoms with van der Waals surface area (Å²) in [5, 5.41) is 8.58. The van der Waals surface area contributed by atoms with E-state index >= 15 is 0 Å². The number of hydrogen-bond acceptors (Lipinski definition) is 3. The number of aliphatic hydroxyl groups excluding tert-OH is 1. The second-order valence-electron chi connectivity index (χ2n) is 3.08. The Balaban J connectivity index is 3.02. The summed E-state index contributed by atoms with van der Waals surface area (Å²) in [5.41, 5.74) is 0. The fraction of sp³-hybridized carbons (Fsp3) is 1.00. The van der Waals surface area contributed by atoms with Crippen LogP contribution in [0.25, 0.3) is 0 Å². The van der Waals surface area contributed by atoms with Crippen LogP contribution < -0.4 is 0 Å². The Hall–Kier alpha value is -0.120. The van der Waals surface area contributed by atoms with Gasteiger partial charge in [0.1, 0.15) is 0 Å². The van der Waals surface area contributed by atoms with Gasteiger partial charge in [-0.3, -0.25) is 0 Å². The first-order chi connectivity index (χ1) is 5.81. The molecule has 0 aliphatic carbocycles. The van der Waals surface area contributed by atoms with Crippen LogP contribution in [0.5, 0.6) is 0 Å². The molecule has 0 atom stereocenters. The molecule has 3 heteroatoms. The molecule has 0 aromatic heterocycles. The van der Waals surface area contributed by atoms with E-state index in [2.05, 4.69) is 11.9 Å². The van der Waals surface area contributed by atoms with Gasteiger partial charge in [-0.15, -0.1) is 0 Å². The van der Waals surface area contributed by atoms with Crippen molar-refractivity contribution in [3.8, 4) is 0 Å². The molecular weight excluding hydrogens is 154 g/mol. The zero-order valence-electron chi connectivity index (χ0n) is 8.25. The molecule has 0 heterocycles. The van der Waals surface area contributed by atoms with E-state index in [1.54, 1.807) is 7.11 Å². The van der Waals surface area contributed by atoms with Crippen molar-refractivity contribution in [2.45, 2.75) is 19.3 Å². The van der Waals surface area contributed by atoms with Gasteiger partial charge in [-0.05, 0) is 32.9 Å². The van der Waals surface area contributed by atoms with Crippen molar-refractivity contribution in [1.29, 1.82) is 0 Å².